The number of carboxylic acid groups (broad SMARTS) is 1. The molecular weight excluding hydrogens is 234 g/mol. The van der Waals surface area contributed by atoms with Gasteiger partial charge >= 0.3 is 5.97 Å². The molecule has 2 N–H and O–H groups in total. The second kappa shape index (κ2) is 5.12. The van der Waals surface area contributed by atoms with Gasteiger partial charge in [0, 0.05) is 11.6 Å². The SMILES string of the molecule is N#Cc1cnc2ccccc2c1NOCC(=O)O. The second-order valence-corrected chi connectivity index (χ2v) is 3.46. The van der Waals surface area contributed by atoms with E-state index in [1.165, 1.54) is 6.20 Å². The Hall–Kier alpha value is -2.65. The van der Waals surface area contributed by atoms with Crippen LogP contribution < -0.4 is 5.48 Å². The number of rotatable bonds is 4. The summed E-state index contributed by atoms with van der Waals surface area (Å²) in [6.45, 7) is -0.498. The van der Waals surface area contributed by atoms with E-state index in [2.05, 4.69) is 10.5 Å². The lowest BCUT2D eigenvalue weighted by atomic mass is 10.1. The van der Waals surface area contributed by atoms with Crippen molar-refractivity contribution in [2.24, 2.45) is 0 Å². The fraction of sp³-hybridized carbons (Fsp3) is 0.0833. The topological polar surface area (TPSA) is 95.2 Å². The van der Waals surface area contributed by atoms with Crippen LogP contribution in [0, 0.1) is 11.3 Å². The maximum absolute atomic E-state index is 10.4. The van der Waals surface area contributed by atoms with Crippen LogP contribution in [0.4, 0.5) is 5.69 Å². The van der Waals surface area contributed by atoms with Crippen LogP contribution in [0.25, 0.3) is 10.9 Å². The first-order valence-corrected chi connectivity index (χ1v) is 5.10. The largest absolute Gasteiger partial charge is 0.479 e. The van der Waals surface area contributed by atoms with Crippen LogP contribution in [0.5, 0.6) is 0 Å². The number of fused-ring (bicyclic) bond motifs is 1. The molecule has 0 aliphatic heterocycles. The summed E-state index contributed by atoms with van der Waals surface area (Å²) in [7, 11) is 0. The number of nitrogens with one attached hydrogen (secondary N) is 1. The molecule has 0 aliphatic carbocycles. The summed E-state index contributed by atoms with van der Waals surface area (Å²) in [6, 6.07) is 9.16. The summed E-state index contributed by atoms with van der Waals surface area (Å²) < 4.78 is 0. The molecular formula is C12H9N3O3. The van der Waals surface area contributed by atoms with Gasteiger partial charge in [0.1, 0.15) is 6.07 Å². The number of hydrogen-bond acceptors (Lipinski definition) is 5. The minimum atomic E-state index is -1.10. The van der Waals surface area contributed by atoms with Crippen molar-refractivity contribution in [2.45, 2.75) is 0 Å². The number of anilines is 1. The van der Waals surface area contributed by atoms with Crippen molar-refractivity contribution < 1.29 is 14.7 Å². The molecule has 1 heterocycles. The predicted molar refractivity (Wildman–Crippen MR) is 63.7 cm³/mol. The first-order chi connectivity index (χ1) is 8.72. The standard InChI is InChI=1S/C12H9N3O3/c13-5-8-6-14-10-4-2-1-3-9(10)12(8)15-18-7-11(16)17/h1-4,6H,7H2,(H,14,15)(H,16,17). The maximum Gasteiger partial charge on any atom is 0.332 e. The van der Waals surface area contributed by atoms with Gasteiger partial charge in [0.15, 0.2) is 6.61 Å². The molecule has 1 aromatic heterocycles. The van der Waals surface area contributed by atoms with Gasteiger partial charge in [-0.1, -0.05) is 18.2 Å². The normalized spacial score (nSPS) is 9.94. The van der Waals surface area contributed by atoms with Crippen LogP contribution >= 0.6 is 0 Å². The molecule has 1 aromatic carbocycles. The van der Waals surface area contributed by atoms with Crippen LogP contribution in [-0.4, -0.2) is 22.7 Å². The molecule has 0 amide bonds. The number of para-hydroxylation sites is 1. The molecule has 0 fully saturated rings. The van der Waals surface area contributed by atoms with E-state index in [9.17, 15) is 4.79 Å². The first kappa shape index (κ1) is 11.8. The molecule has 0 aliphatic rings. The smallest absolute Gasteiger partial charge is 0.332 e. The molecule has 0 bridgehead atoms. The molecule has 0 saturated carbocycles. The summed E-state index contributed by atoms with van der Waals surface area (Å²) in [5.41, 5.74) is 3.90. The summed E-state index contributed by atoms with van der Waals surface area (Å²) >= 11 is 0. The Bertz CT molecular complexity index is 634. The number of hydrogen-bond donors (Lipinski definition) is 2. The molecule has 18 heavy (non-hydrogen) atoms. The molecule has 90 valence electrons. The Labute approximate surface area is 102 Å². The summed E-state index contributed by atoms with van der Waals surface area (Å²) in [4.78, 5) is 19.3. The highest BCUT2D eigenvalue weighted by Gasteiger charge is 2.08. The van der Waals surface area contributed by atoms with Gasteiger partial charge in [-0.25, -0.2) is 4.79 Å². The number of carboxylic acids is 1. The van der Waals surface area contributed by atoms with Gasteiger partial charge in [-0.3, -0.25) is 15.3 Å². The van der Waals surface area contributed by atoms with Crippen LogP contribution in [0.2, 0.25) is 0 Å². The van der Waals surface area contributed by atoms with Crippen molar-refractivity contribution >= 4 is 22.6 Å². The Kier molecular flexibility index (Phi) is 3.36. The van der Waals surface area contributed by atoms with Gasteiger partial charge in [-0.05, 0) is 6.07 Å². The van der Waals surface area contributed by atoms with Crippen LogP contribution in [0.15, 0.2) is 30.5 Å². The molecule has 0 atom stereocenters. The fourth-order valence-electron chi connectivity index (χ4n) is 1.51. The Balaban J connectivity index is 2.39. The highest BCUT2D eigenvalue weighted by Crippen LogP contribution is 2.25. The Morgan fingerprint density at radius 3 is 3.00 bits per heavy atom. The van der Waals surface area contributed by atoms with E-state index in [1.54, 1.807) is 18.2 Å². The molecule has 0 saturated heterocycles. The van der Waals surface area contributed by atoms with Crippen molar-refractivity contribution in [3.8, 4) is 6.07 Å². The zero-order valence-corrected chi connectivity index (χ0v) is 9.25. The number of benzene rings is 1. The van der Waals surface area contributed by atoms with E-state index in [4.69, 9.17) is 15.2 Å². The van der Waals surface area contributed by atoms with Crippen molar-refractivity contribution in [1.29, 1.82) is 5.26 Å². The quantitative estimate of drug-likeness (QED) is 0.791. The van der Waals surface area contributed by atoms with Gasteiger partial charge in [0.25, 0.3) is 0 Å². The van der Waals surface area contributed by atoms with Gasteiger partial charge in [0.2, 0.25) is 0 Å². The molecule has 6 heteroatoms. The highest BCUT2D eigenvalue weighted by molar-refractivity contribution is 5.93. The molecule has 0 radical (unpaired) electrons. The van der Waals surface area contributed by atoms with Crippen LogP contribution in [0.3, 0.4) is 0 Å². The van der Waals surface area contributed by atoms with Gasteiger partial charge in [0.05, 0.1) is 16.8 Å². The van der Waals surface area contributed by atoms with Crippen molar-refractivity contribution in [1.82, 2.24) is 4.98 Å². The zero-order chi connectivity index (χ0) is 13.0. The van der Waals surface area contributed by atoms with E-state index >= 15 is 0 Å². The first-order valence-electron chi connectivity index (χ1n) is 5.10. The van der Waals surface area contributed by atoms with Crippen molar-refractivity contribution in [2.75, 3.05) is 12.1 Å². The molecule has 0 spiro atoms. The lowest BCUT2D eigenvalue weighted by molar-refractivity contribution is -0.141. The van der Waals surface area contributed by atoms with E-state index in [-0.39, 0.29) is 0 Å². The van der Waals surface area contributed by atoms with E-state index in [1.807, 2.05) is 12.1 Å². The molecule has 2 rings (SSSR count). The molecule has 6 nitrogen and oxygen atoms in total. The van der Waals surface area contributed by atoms with Crippen LogP contribution in [0.1, 0.15) is 5.56 Å². The number of nitrogens with zero attached hydrogens (tertiary/aromatic N) is 2. The maximum atomic E-state index is 10.4. The van der Waals surface area contributed by atoms with E-state index in [0.717, 1.165) is 0 Å². The lowest BCUT2D eigenvalue weighted by Gasteiger charge is -2.09. The highest BCUT2D eigenvalue weighted by atomic mass is 16.7. The fourth-order valence-corrected chi connectivity index (χ4v) is 1.51. The monoisotopic (exact) mass is 243 g/mol. The van der Waals surface area contributed by atoms with Gasteiger partial charge in [-0.15, -0.1) is 0 Å². The minimum Gasteiger partial charge on any atom is -0.479 e. The third kappa shape index (κ3) is 2.36. The average molecular weight is 243 g/mol. The summed E-state index contributed by atoms with van der Waals surface area (Å²) in [6.07, 6.45) is 1.41. The van der Waals surface area contributed by atoms with Gasteiger partial charge in [-0.2, -0.15) is 5.26 Å². The number of carbonyl (C=O) groups is 1. The summed E-state index contributed by atoms with van der Waals surface area (Å²) in [5.74, 6) is -1.10. The Morgan fingerprint density at radius 1 is 1.50 bits per heavy atom. The molecule has 0 unspecified atom stereocenters. The number of aliphatic carboxylic acids is 1. The summed E-state index contributed by atoms with van der Waals surface area (Å²) in [5, 5.41) is 18.2. The minimum absolute atomic E-state index is 0.291. The number of pyridine rings is 1. The van der Waals surface area contributed by atoms with Crippen molar-refractivity contribution in [3.63, 3.8) is 0 Å². The third-order valence-electron chi connectivity index (χ3n) is 2.27. The predicted octanol–water partition coefficient (Wildman–Crippen LogP) is 1.53. The van der Waals surface area contributed by atoms with Gasteiger partial charge < -0.3 is 5.11 Å². The average Bonchev–Trinajstić information content (AvgIpc) is 2.38. The van der Waals surface area contributed by atoms with Crippen molar-refractivity contribution in [3.05, 3.63) is 36.0 Å². The number of aromatic nitrogens is 1. The van der Waals surface area contributed by atoms with E-state index < -0.39 is 12.6 Å². The Morgan fingerprint density at radius 2 is 2.28 bits per heavy atom. The molecule has 2 aromatic rings. The van der Waals surface area contributed by atoms with Crippen LogP contribution in [-0.2, 0) is 9.63 Å². The lowest BCUT2D eigenvalue weighted by Crippen LogP contribution is -2.12. The van der Waals surface area contributed by atoms with E-state index in [0.29, 0.717) is 22.2 Å². The third-order valence-corrected chi connectivity index (χ3v) is 2.27. The second-order valence-electron chi connectivity index (χ2n) is 3.46. The number of nitriles is 1. The zero-order valence-electron chi connectivity index (χ0n) is 9.25.